The Kier molecular flexibility index (Phi) is 5.49. The monoisotopic (exact) mass is 402 g/mol. The number of nitrogens with zero attached hydrogens (tertiary/aromatic N) is 5. The van der Waals surface area contributed by atoms with Crippen molar-refractivity contribution in [2.45, 2.75) is 6.54 Å². The van der Waals surface area contributed by atoms with Crippen LogP contribution in [0.25, 0.3) is 11.6 Å². The first-order valence-corrected chi connectivity index (χ1v) is 7.65. The first-order valence-electron chi connectivity index (χ1n) is 6.86. The average Bonchev–Trinajstić information content (AvgIpc) is 2.90. The van der Waals surface area contributed by atoms with Crippen LogP contribution in [0.3, 0.4) is 0 Å². The summed E-state index contributed by atoms with van der Waals surface area (Å²) in [4.78, 5) is 10.5. The molecule has 0 unspecified atom stereocenters. The van der Waals surface area contributed by atoms with Crippen LogP contribution in [-0.4, -0.2) is 26.4 Å². The molecule has 2 rings (SSSR count). The number of aliphatic hydroxyl groups is 1. The van der Waals surface area contributed by atoms with Crippen LogP contribution in [0.2, 0.25) is 0 Å². The molecule has 0 atom stereocenters. The van der Waals surface area contributed by atoms with E-state index in [2.05, 4.69) is 21.0 Å². The number of allylic oxidation sites excluding steroid dienone is 1. The van der Waals surface area contributed by atoms with Crippen LogP contribution in [0.4, 0.5) is 11.5 Å². The molecule has 2 aromatic rings. The second kappa shape index (κ2) is 7.57. The van der Waals surface area contributed by atoms with E-state index in [1.165, 1.54) is 22.9 Å². The van der Waals surface area contributed by atoms with Crippen LogP contribution >= 0.6 is 15.9 Å². The van der Waals surface area contributed by atoms with Crippen LogP contribution in [0.1, 0.15) is 16.8 Å². The van der Waals surface area contributed by atoms with Crippen molar-refractivity contribution in [3.05, 3.63) is 49.6 Å². The van der Waals surface area contributed by atoms with Crippen molar-refractivity contribution in [1.29, 1.82) is 10.5 Å². The van der Waals surface area contributed by atoms with E-state index in [1.54, 1.807) is 6.07 Å². The van der Waals surface area contributed by atoms with Crippen molar-refractivity contribution in [1.82, 2.24) is 9.78 Å². The van der Waals surface area contributed by atoms with Gasteiger partial charge in [-0.3, -0.25) is 10.1 Å². The minimum absolute atomic E-state index is 0.00728. The first-order chi connectivity index (χ1) is 11.9. The standard InChI is InChI=1S/C15H11BrN6O3/c16-12-2-1-9(6-13(12)22(24)25)5-10(7-17)14-11(8-18)15(19)21(20-14)3-4-23/h1-2,5-6,23H,3-4,19H2/b10-5+. The molecule has 0 saturated carbocycles. The first kappa shape index (κ1) is 18.1. The van der Waals surface area contributed by atoms with E-state index in [9.17, 15) is 20.6 Å². The number of hydrogen-bond acceptors (Lipinski definition) is 7. The molecule has 0 saturated heterocycles. The van der Waals surface area contributed by atoms with E-state index in [0.717, 1.165) is 0 Å². The molecular weight excluding hydrogens is 392 g/mol. The summed E-state index contributed by atoms with van der Waals surface area (Å²) in [6.45, 7) is -0.163. The Bertz CT molecular complexity index is 951. The summed E-state index contributed by atoms with van der Waals surface area (Å²) in [5.74, 6) is 0.0366. The van der Waals surface area contributed by atoms with Crippen molar-refractivity contribution < 1.29 is 10.0 Å². The number of anilines is 1. The second-order valence-electron chi connectivity index (χ2n) is 4.81. The molecule has 0 bridgehead atoms. The Morgan fingerprint density at radius 1 is 1.52 bits per heavy atom. The van der Waals surface area contributed by atoms with E-state index < -0.39 is 4.92 Å². The van der Waals surface area contributed by atoms with Gasteiger partial charge in [0.1, 0.15) is 29.2 Å². The molecule has 0 aliphatic rings. The fraction of sp³-hybridized carbons (Fsp3) is 0.133. The predicted molar refractivity (Wildman–Crippen MR) is 92.7 cm³/mol. The zero-order chi connectivity index (χ0) is 18.6. The third kappa shape index (κ3) is 3.66. The minimum Gasteiger partial charge on any atom is -0.394 e. The molecule has 9 nitrogen and oxygen atoms in total. The van der Waals surface area contributed by atoms with E-state index >= 15 is 0 Å². The number of halogens is 1. The molecule has 10 heteroatoms. The number of nitro benzene ring substituents is 1. The van der Waals surface area contributed by atoms with Crippen molar-refractivity contribution in [3.63, 3.8) is 0 Å². The maximum atomic E-state index is 11.0. The molecule has 25 heavy (non-hydrogen) atoms. The molecule has 0 fully saturated rings. The maximum Gasteiger partial charge on any atom is 0.284 e. The number of nitrogens with two attached hydrogens (primary N) is 1. The Morgan fingerprint density at radius 3 is 2.80 bits per heavy atom. The lowest BCUT2D eigenvalue weighted by Crippen LogP contribution is -2.07. The largest absolute Gasteiger partial charge is 0.394 e. The van der Waals surface area contributed by atoms with Gasteiger partial charge in [0.2, 0.25) is 0 Å². The highest BCUT2D eigenvalue weighted by Gasteiger charge is 2.19. The number of rotatable bonds is 5. The van der Waals surface area contributed by atoms with Gasteiger partial charge in [-0.1, -0.05) is 6.07 Å². The third-order valence-corrected chi connectivity index (χ3v) is 3.94. The van der Waals surface area contributed by atoms with Gasteiger partial charge in [0.15, 0.2) is 0 Å². The predicted octanol–water partition coefficient (Wildman–Crippen LogP) is 2.06. The number of nitrogen functional groups attached to an aromatic ring is 1. The van der Waals surface area contributed by atoms with Crippen molar-refractivity contribution in [2.75, 3.05) is 12.3 Å². The Labute approximate surface area is 150 Å². The summed E-state index contributed by atoms with van der Waals surface area (Å²) in [7, 11) is 0. The number of nitriles is 2. The highest BCUT2D eigenvalue weighted by molar-refractivity contribution is 9.10. The Hall–Kier alpha value is -3.21. The second-order valence-corrected chi connectivity index (χ2v) is 5.66. The maximum absolute atomic E-state index is 11.0. The molecule has 0 aliphatic carbocycles. The van der Waals surface area contributed by atoms with Gasteiger partial charge in [-0.15, -0.1) is 0 Å². The van der Waals surface area contributed by atoms with Gasteiger partial charge in [0.05, 0.1) is 28.1 Å². The highest BCUT2D eigenvalue weighted by atomic mass is 79.9. The zero-order valence-electron chi connectivity index (χ0n) is 12.7. The molecule has 126 valence electrons. The number of benzene rings is 1. The van der Waals surface area contributed by atoms with Crippen LogP contribution in [-0.2, 0) is 6.54 Å². The number of hydrogen-bond donors (Lipinski definition) is 2. The summed E-state index contributed by atoms with van der Waals surface area (Å²) in [5.41, 5.74) is 6.13. The summed E-state index contributed by atoms with van der Waals surface area (Å²) in [6, 6.07) is 8.17. The Morgan fingerprint density at radius 2 is 2.24 bits per heavy atom. The molecule has 3 N–H and O–H groups in total. The van der Waals surface area contributed by atoms with Gasteiger partial charge in [0.25, 0.3) is 5.69 Å². The molecule has 0 amide bonds. The zero-order valence-corrected chi connectivity index (χ0v) is 14.3. The van der Waals surface area contributed by atoms with Gasteiger partial charge >= 0.3 is 0 Å². The van der Waals surface area contributed by atoms with Crippen LogP contribution in [0.5, 0.6) is 0 Å². The molecular formula is C15H11BrN6O3. The number of aliphatic hydroxyl groups excluding tert-OH is 1. The van der Waals surface area contributed by atoms with Crippen molar-refractivity contribution in [2.24, 2.45) is 0 Å². The van der Waals surface area contributed by atoms with Crippen LogP contribution < -0.4 is 5.73 Å². The number of nitro groups is 1. The van der Waals surface area contributed by atoms with Gasteiger partial charge < -0.3 is 10.8 Å². The van der Waals surface area contributed by atoms with Gasteiger partial charge in [-0.05, 0) is 33.6 Å². The van der Waals surface area contributed by atoms with Gasteiger partial charge in [0, 0.05) is 6.07 Å². The fourth-order valence-corrected chi connectivity index (χ4v) is 2.51. The summed E-state index contributed by atoms with van der Waals surface area (Å²) < 4.78 is 1.53. The fourth-order valence-electron chi connectivity index (χ4n) is 2.12. The summed E-state index contributed by atoms with van der Waals surface area (Å²) in [6.07, 6.45) is 1.38. The van der Waals surface area contributed by atoms with E-state index in [4.69, 9.17) is 10.8 Å². The average molecular weight is 403 g/mol. The SMILES string of the molecule is N#C/C(=C\c1ccc(Br)c([N+](=O)[O-])c1)c1nn(CCO)c(N)c1C#N. The van der Waals surface area contributed by atoms with Crippen LogP contribution in [0.15, 0.2) is 22.7 Å². The normalized spacial score (nSPS) is 11.0. The molecule has 0 radical (unpaired) electrons. The molecule has 1 aromatic carbocycles. The lowest BCUT2D eigenvalue weighted by Gasteiger charge is -2.00. The third-order valence-electron chi connectivity index (χ3n) is 3.27. The highest BCUT2D eigenvalue weighted by Crippen LogP contribution is 2.29. The van der Waals surface area contributed by atoms with E-state index in [0.29, 0.717) is 10.0 Å². The topological polar surface area (TPSA) is 155 Å². The van der Waals surface area contributed by atoms with E-state index in [1.807, 2.05) is 12.1 Å². The molecule has 1 aromatic heterocycles. The Balaban J connectivity index is 2.58. The summed E-state index contributed by atoms with van der Waals surface area (Å²) in [5, 5.41) is 42.8. The van der Waals surface area contributed by atoms with Crippen molar-refractivity contribution in [3.8, 4) is 12.1 Å². The molecule has 0 spiro atoms. The molecule has 0 aliphatic heterocycles. The molecule has 1 heterocycles. The minimum atomic E-state index is -0.553. The van der Waals surface area contributed by atoms with E-state index in [-0.39, 0.29) is 41.5 Å². The number of aromatic nitrogens is 2. The van der Waals surface area contributed by atoms with Crippen LogP contribution in [0, 0.1) is 32.8 Å². The quantitative estimate of drug-likeness (QED) is 0.440. The van der Waals surface area contributed by atoms with Gasteiger partial charge in [-0.2, -0.15) is 15.6 Å². The van der Waals surface area contributed by atoms with Crippen molar-refractivity contribution >= 4 is 39.1 Å². The lowest BCUT2D eigenvalue weighted by molar-refractivity contribution is -0.385. The smallest absolute Gasteiger partial charge is 0.284 e. The van der Waals surface area contributed by atoms with Gasteiger partial charge in [-0.25, -0.2) is 4.68 Å². The summed E-state index contributed by atoms with van der Waals surface area (Å²) >= 11 is 3.09. The lowest BCUT2D eigenvalue weighted by atomic mass is 10.1.